The van der Waals surface area contributed by atoms with E-state index in [-0.39, 0.29) is 27.4 Å². The molecular weight excluding hydrogens is 540 g/mol. The SMILES string of the molecule is Cc1c(-c2ccc(Oc3ccc(C(C)(O)C(F)(F)F)cc3)nc2)sc2c1c(=O)[nH]c(=O)n2CCC(F)(F)F. The van der Waals surface area contributed by atoms with Gasteiger partial charge in [0, 0.05) is 29.2 Å². The zero-order valence-electron chi connectivity index (χ0n) is 19.7. The molecule has 14 heteroatoms. The summed E-state index contributed by atoms with van der Waals surface area (Å²) in [7, 11) is 0. The average Bonchev–Trinajstić information content (AvgIpc) is 3.15. The Balaban J connectivity index is 1.61. The number of benzene rings is 1. The zero-order chi connectivity index (χ0) is 28.0. The van der Waals surface area contributed by atoms with Crippen LogP contribution >= 0.6 is 11.3 Å². The second-order valence-corrected chi connectivity index (χ2v) is 9.59. The number of halogens is 6. The smallest absolute Gasteiger partial charge is 0.421 e. The maximum Gasteiger partial charge on any atom is 0.421 e. The van der Waals surface area contributed by atoms with Crippen LogP contribution in [0.15, 0.2) is 52.2 Å². The van der Waals surface area contributed by atoms with Gasteiger partial charge in [0.25, 0.3) is 5.56 Å². The predicted octanol–water partition coefficient (Wildman–Crippen LogP) is 5.64. The van der Waals surface area contributed by atoms with E-state index >= 15 is 0 Å². The molecule has 0 saturated carbocycles. The number of aromatic amines is 1. The Morgan fingerprint density at radius 1 is 1.05 bits per heavy atom. The summed E-state index contributed by atoms with van der Waals surface area (Å²) in [5, 5.41) is 9.86. The third-order valence-electron chi connectivity index (χ3n) is 5.87. The summed E-state index contributed by atoms with van der Waals surface area (Å²) < 4.78 is 83.8. The predicted molar refractivity (Wildman–Crippen MR) is 127 cm³/mol. The van der Waals surface area contributed by atoms with Gasteiger partial charge in [-0.05, 0) is 43.2 Å². The van der Waals surface area contributed by atoms with Gasteiger partial charge in [-0.15, -0.1) is 11.3 Å². The standard InChI is InChI=1S/C24H19F6N3O4S/c1-12-17-19(34)32-21(35)33(10-9-23(25,26)27)20(17)38-18(12)13-3-8-16(31-11-13)37-15-6-4-14(5-7-15)22(2,36)24(28,29)30/h3-8,11,36H,9-10H2,1-2H3,(H,32,34,35). The highest BCUT2D eigenvalue weighted by Gasteiger charge is 2.51. The first-order chi connectivity index (χ1) is 17.6. The quantitative estimate of drug-likeness (QED) is 0.298. The summed E-state index contributed by atoms with van der Waals surface area (Å²) in [5.41, 5.74) is -4.10. The van der Waals surface area contributed by atoms with Crippen LogP contribution < -0.4 is 16.0 Å². The van der Waals surface area contributed by atoms with Crippen LogP contribution in [-0.2, 0) is 12.1 Å². The van der Waals surface area contributed by atoms with Gasteiger partial charge in [-0.25, -0.2) is 9.78 Å². The first-order valence-electron chi connectivity index (χ1n) is 11.0. The van der Waals surface area contributed by atoms with E-state index in [1.54, 1.807) is 13.0 Å². The molecule has 3 heterocycles. The van der Waals surface area contributed by atoms with E-state index in [1.807, 2.05) is 0 Å². The number of hydrogen-bond acceptors (Lipinski definition) is 6. The minimum atomic E-state index is -4.87. The van der Waals surface area contributed by atoms with Crippen molar-refractivity contribution in [2.75, 3.05) is 0 Å². The Bertz CT molecular complexity index is 1580. The maximum atomic E-state index is 13.0. The number of ether oxygens (including phenoxy) is 1. The molecule has 7 nitrogen and oxygen atoms in total. The highest BCUT2D eigenvalue weighted by atomic mass is 32.1. The van der Waals surface area contributed by atoms with Gasteiger partial charge in [0.05, 0.1) is 11.8 Å². The maximum absolute atomic E-state index is 13.0. The molecule has 0 spiro atoms. The molecule has 1 aromatic carbocycles. The summed E-state index contributed by atoms with van der Waals surface area (Å²) in [4.78, 5) is 31.5. The van der Waals surface area contributed by atoms with Crippen molar-refractivity contribution < 1.29 is 36.2 Å². The van der Waals surface area contributed by atoms with E-state index < -0.39 is 42.2 Å². The van der Waals surface area contributed by atoms with Crippen molar-refractivity contribution in [3.63, 3.8) is 0 Å². The lowest BCUT2D eigenvalue weighted by molar-refractivity contribution is -0.258. The molecule has 4 rings (SSSR count). The normalized spacial score (nSPS) is 14.0. The summed E-state index contributed by atoms with van der Waals surface area (Å²) in [6.45, 7) is 1.59. The van der Waals surface area contributed by atoms with E-state index in [9.17, 15) is 41.0 Å². The largest absolute Gasteiger partial charge is 0.439 e. The van der Waals surface area contributed by atoms with Crippen LogP contribution in [0, 0.1) is 6.92 Å². The van der Waals surface area contributed by atoms with Crippen LogP contribution in [0.1, 0.15) is 24.5 Å². The number of aliphatic hydroxyl groups is 1. The molecule has 0 bridgehead atoms. The number of pyridine rings is 1. The molecular formula is C24H19F6N3O4S. The van der Waals surface area contributed by atoms with E-state index in [1.165, 1.54) is 24.4 Å². The Morgan fingerprint density at radius 3 is 2.26 bits per heavy atom. The summed E-state index contributed by atoms with van der Waals surface area (Å²) in [5.74, 6) is 0.244. The minimum Gasteiger partial charge on any atom is -0.439 e. The second kappa shape index (κ2) is 9.58. The minimum absolute atomic E-state index is 0.0859. The molecule has 0 saturated heterocycles. The number of fused-ring (bicyclic) bond motifs is 1. The van der Waals surface area contributed by atoms with Gasteiger partial charge in [0.2, 0.25) is 5.88 Å². The number of aryl methyl sites for hydroxylation is 2. The van der Waals surface area contributed by atoms with Crippen LogP contribution in [0.3, 0.4) is 0 Å². The zero-order valence-corrected chi connectivity index (χ0v) is 20.5. The number of H-pyrrole nitrogens is 1. The molecule has 38 heavy (non-hydrogen) atoms. The molecule has 0 aliphatic carbocycles. The van der Waals surface area contributed by atoms with E-state index in [0.29, 0.717) is 22.9 Å². The van der Waals surface area contributed by atoms with Crippen molar-refractivity contribution in [2.24, 2.45) is 0 Å². The molecule has 0 aliphatic rings. The summed E-state index contributed by atoms with van der Waals surface area (Å²) in [6, 6.07) is 7.68. The number of hydrogen-bond donors (Lipinski definition) is 2. The van der Waals surface area contributed by atoms with Crippen LogP contribution in [0.25, 0.3) is 20.7 Å². The summed E-state index contributed by atoms with van der Waals surface area (Å²) >= 11 is 0.977. The number of rotatable bonds is 6. The molecule has 1 atom stereocenters. The summed E-state index contributed by atoms with van der Waals surface area (Å²) in [6.07, 6.45) is -9.21. The van der Waals surface area contributed by atoms with Gasteiger partial charge in [-0.3, -0.25) is 14.3 Å². The van der Waals surface area contributed by atoms with Gasteiger partial charge in [-0.1, -0.05) is 12.1 Å². The fourth-order valence-electron chi connectivity index (χ4n) is 3.70. The third kappa shape index (κ3) is 5.31. The van der Waals surface area contributed by atoms with Gasteiger partial charge in [-0.2, -0.15) is 26.3 Å². The monoisotopic (exact) mass is 559 g/mol. The van der Waals surface area contributed by atoms with Crippen LogP contribution in [0.4, 0.5) is 26.3 Å². The molecule has 2 N–H and O–H groups in total. The first-order valence-corrected chi connectivity index (χ1v) is 11.8. The lowest BCUT2D eigenvalue weighted by atomic mass is 9.95. The molecule has 0 aliphatic heterocycles. The van der Waals surface area contributed by atoms with Crippen LogP contribution in [0.5, 0.6) is 11.6 Å². The Labute approximate surface area is 214 Å². The topological polar surface area (TPSA) is 97.2 Å². The van der Waals surface area contributed by atoms with Gasteiger partial charge in [0.1, 0.15) is 10.6 Å². The number of nitrogens with zero attached hydrogens (tertiary/aromatic N) is 2. The molecule has 1 unspecified atom stereocenters. The van der Waals surface area contributed by atoms with Crippen LogP contribution in [0.2, 0.25) is 0 Å². The second-order valence-electron chi connectivity index (χ2n) is 8.59. The average molecular weight is 559 g/mol. The van der Waals surface area contributed by atoms with Crippen molar-refractivity contribution in [2.45, 2.75) is 44.8 Å². The molecule has 3 aromatic heterocycles. The fourth-order valence-corrected chi connectivity index (χ4v) is 5.02. The van der Waals surface area contributed by atoms with Crippen LogP contribution in [-0.4, -0.2) is 32.0 Å². The molecule has 202 valence electrons. The number of alkyl halides is 6. The number of nitrogens with one attached hydrogen (secondary N) is 1. The third-order valence-corrected chi connectivity index (χ3v) is 7.24. The van der Waals surface area contributed by atoms with Crippen molar-refractivity contribution in [1.82, 2.24) is 14.5 Å². The molecule has 0 radical (unpaired) electrons. The Morgan fingerprint density at radius 2 is 1.71 bits per heavy atom. The number of aromatic nitrogens is 3. The lowest BCUT2D eigenvalue weighted by Gasteiger charge is -2.26. The van der Waals surface area contributed by atoms with E-state index in [0.717, 1.165) is 28.0 Å². The number of thiophene rings is 1. The Kier molecular flexibility index (Phi) is 6.91. The Hall–Kier alpha value is -3.65. The lowest BCUT2D eigenvalue weighted by Crippen LogP contribution is -2.39. The van der Waals surface area contributed by atoms with Crippen molar-refractivity contribution >= 4 is 21.6 Å². The highest BCUT2D eigenvalue weighted by molar-refractivity contribution is 7.22. The van der Waals surface area contributed by atoms with Gasteiger partial charge < -0.3 is 9.84 Å². The van der Waals surface area contributed by atoms with E-state index in [2.05, 4.69) is 9.97 Å². The van der Waals surface area contributed by atoms with Crippen molar-refractivity contribution in [1.29, 1.82) is 0 Å². The molecule has 0 amide bonds. The molecule has 4 aromatic rings. The fraction of sp³-hybridized carbons (Fsp3) is 0.292. The van der Waals surface area contributed by atoms with Crippen molar-refractivity contribution in [3.8, 4) is 22.1 Å². The van der Waals surface area contributed by atoms with E-state index in [4.69, 9.17) is 4.74 Å². The highest BCUT2D eigenvalue weighted by Crippen LogP contribution is 2.39. The molecule has 0 fully saturated rings. The van der Waals surface area contributed by atoms with Crippen molar-refractivity contribution in [3.05, 3.63) is 74.6 Å². The first kappa shape index (κ1) is 27.4. The van der Waals surface area contributed by atoms with Gasteiger partial charge >= 0.3 is 18.0 Å². The van der Waals surface area contributed by atoms with Gasteiger partial charge in [0.15, 0.2) is 5.60 Å².